The molecule has 0 atom stereocenters. The molecule has 2 fully saturated rings. The first-order valence-electron chi connectivity index (χ1n) is 29.7. The molecule has 4 aromatic rings. The van der Waals surface area contributed by atoms with E-state index >= 15 is 0 Å². The number of ether oxygens (including phenoxy) is 2. The van der Waals surface area contributed by atoms with Crippen LogP contribution in [0.25, 0.3) is 0 Å². The number of fused-ring (bicyclic) bond motifs is 4. The number of anilines is 2. The van der Waals surface area contributed by atoms with Crippen LogP contribution in [0.15, 0.2) is 72.8 Å². The molecule has 0 bridgehead atoms. The number of rotatable bonds is 8. The molecule has 0 saturated heterocycles. The van der Waals surface area contributed by atoms with Gasteiger partial charge in [-0.05, 0) is 243 Å². The molecule has 2 aliphatic carbocycles. The van der Waals surface area contributed by atoms with Crippen LogP contribution in [0.3, 0.4) is 0 Å². The lowest BCUT2D eigenvalue weighted by Crippen LogP contribution is -2.45. The van der Waals surface area contributed by atoms with Gasteiger partial charge in [0.05, 0.1) is 0 Å². The van der Waals surface area contributed by atoms with Crippen LogP contribution in [-0.4, -0.2) is 82.4 Å². The molecular formula is C66H92N8O6. The zero-order chi connectivity index (χ0) is 57.7. The summed E-state index contributed by atoms with van der Waals surface area (Å²) in [5.41, 5.74) is 13.7. The van der Waals surface area contributed by atoms with Crippen molar-refractivity contribution in [3.8, 4) is 0 Å². The van der Waals surface area contributed by atoms with E-state index in [1.54, 1.807) is 0 Å². The molecule has 0 radical (unpaired) electrons. The number of aryl methyl sites for hydroxylation is 6. The van der Waals surface area contributed by atoms with E-state index in [4.69, 9.17) is 9.47 Å². The van der Waals surface area contributed by atoms with Crippen molar-refractivity contribution < 1.29 is 28.7 Å². The van der Waals surface area contributed by atoms with Crippen molar-refractivity contribution in [2.24, 2.45) is 0 Å². The molecule has 432 valence electrons. The minimum atomic E-state index is -0.501. The number of hydrogen-bond donors (Lipinski definition) is 4. The van der Waals surface area contributed by atoms with E-state index in [1.165, 1.54) is 11.1 Å². The summed E-state index contributed by atoms with van der Waals surface area (Å²) in [6.45, 7) is 26.4. The fourth-order valence-electron chi connectivity index (χ4n) is 12.2. The van der Waals surface area contributed by atoms with Crippen LogP contribution in [0.2, 0.25) is 0 Å². The van der Waals surface area contributed by atoms with Crippen LogP contribution in [0.1, 0.15) is 196 Å². The number of nitrogens with zero attached hydrogens (tertiary/aromatic N) is 4. The Bertz CT molecular complexity index is 2670. The first-order chi connectivity index (χ1) is 38.1. The SMILES string of the molecule is CCN(c1cccc2c1C/C=C/CCc1cc(C)nc(C)c1CNC2=O)C1CCC(NC(=O)OC(C)(C)C)CC1.CCN(c1cccc2c1C/C=C\CCc1cc(C)nc(C)c1CNC2=O)C1CCC(NC(=O)OC(C)(C)C)CC1. The highest BCUT2D eigenvalue weighted by molar-refractivity contribution is 5.98. The molecule has 2 aromatic carbocycles. The van der Waals surface area contributed by atoms with Crippen molar-refractivity contribution in [2.75, 3.05) is 22.9 Å². The van der Waals surface area contributed by atoms with E-state index in [-0.39, 0.29) is 36.1 Å². The van der Waals surface area contributed by atoms with Gasteiger partial charge in [-0.25, -0.2) is 9.59 Å². The molecular weight excluding hydrogens is 1000 g/mol. The van der Waals surface area contributed by atoms with Crippen molar-refractivity contribution in [1.29, 1.82) is 0 Å². The first-order valence-corrected chi connectivity index (χ1v) is 29.7. The first kappa shape index (κ1) is 60.9. The summed E-state index contributed by atoms with van der Waals surface area (Å²) >= 11 is 0. The number of alkyl carbamates (subject to hydrolysis) is 2. The second-order valence-corrected chi connectivity index (χ2v) is 24.2. The minimum Gasteiger partial charge on any atom is -0.444 e. The lowest BCUT2D eigenvalue weighted by Gasteiger charge is -2.39. The van der Waals surface area contributed by atoms with Crippen molar-refractivity contribution in [2.45, 2.75) is 221 Å². The quantitative estimate of drug-likeness (QED) is 0.125. The second kappa shape index (κ2) is 27.6. The van der Waals surface area contributed by atoms with Gasteiger partial charge < -0.3 is 40.5 Å². The molecule has 4 amide bonds. The van der Waals surface area contributed by atoms with Gasteiger partial charge in [-0.15, -0.1) is 0 Å². The Morgan fingerprint density at radius 3 is 1.29 bits per heavy atom. The van der Waals surface area contributed by atoms with Gasteiger partial charge in [0.1, 0.15) is 11.2 Å². The van der Waals surface area contributed by atoms with E-state index in [0.29, 0.717) is 38.0 Å². The molecule has 4 N–H and O–H groups in total. The summed E-state index contributed by atoms with van der Waals surface area (Å²) < 4.78 is 10.9. The Labute approximate surface area is 477 Å². The number of carbonyl (C=O) groups is 4. The average molecular weight is 1090 g/mol. The van der Waals surface area contributed by atoms with Gasteiger partial charge in [0.25, 0.3) is 11.8 Å². The van der Waals surface area contributed by atoms with E-state index in [2.05, 4.69) is 103 Å². The van der Waals surface area contributed by atoms with Crippen LogP contribution >= 0.6 is 0 Å². The molecule has 2 aromatic heterocycles. The van der Waals surface area contributed by atoms with Crippen molar-refractivity contribution in [1.82, 2.24) is 31.2 Å². The summed E-state index contributed by atoms with van der Waals surface area (Å²) in [4.78, 5) is 65.9. The standard InChI is InChI=1S/2C33H46N4O3/c2*1-7-37(26-18-16-25(17-19-26)36-32(39)40-33(4,5)6)30-15-11-14-28-27(30)13-10-8-9-12-24-20-22(2)35-23(3)29(24)21-34-31(28)38/h2*8,10-11,14-15,20,25-26H,7,9,12-13,16-19,21H2,1-6H3,(H,34,38)(H,36,39)/b10-8+;10-8-. The van der Waals surface area contributed by atoms with Crippen LogP contribution in [0.4, 0.5) is 21.0 Å². The van der Waals surface area contributed by atoms with Crippen LogP contribution in [0.5, 0.6) is 0 Å². The summed E-state index contributed by atoms with van der Waals surface area (Å²) in [6.07, 6.45) is 21.0. The second-order valence-electron chi connectivity index (χ2n) is 24.2. The molecule has 2 saturated carbocycles. The van der Waals surface area contributed by atoms with E-state index in [9.17, 15) is 19.2 Å². The number of hydrogen-bond acceptors (Lipinski definition) is 10. The number of nitrogens with one attached hydrogen (secondary N) is 4. The molecule has 0 spiro atoms. The normalized spacial score (nSPS) is 20.6. The number of aromatic nitrogens is 2. The average Bonchev–Trinajstić information content (AvgIpc) is 3.38. The zero-order valence-corrected chi connectivity index (χ0v) is 50.2. The molecule has 14 nitrogen and oxygen atoms in total. The maximum atomic E-state index is 13.6. The van der Waals surface area contributed by atoms with Crippen LogP contribution < -0.4 is 31.1 Å². The number of carbonyl (C=O) groups excluding carboxylic acids is 4. The number of allylic oxidation sites excluding steroid dienone is 4. The minimum absolute atomic E-state index is 0.0435. The zero-order valence-electron chi connectivity index (χ0n) is 50.2. The largest absolute Gasteiger partial charge is 0.444 e. The third-order valence-electron chi connectivity index (χ3n) is 15.9. The Kier molecular flexibility index (Phi) is 21.1. The maximum absolute atomic E-state index is 13.6. The summed E-state index contributed by atoms with van der Waals surface area (Å²) in [7, 11) is 0. The maximum Gasteiger partial charge on any atom is 0.407 e. The summed E-state index contributed by atoms with van der Waals surface area (Å²) in [6, 6.07) is 17.5. The molecule has 4 heterocycles. The van der Waals surface area contributed by atoms with Gasteiger partial charge in [-0.2, -0.15) is 0 Å². The fraction of sp³-hybridized carbons (Fsp3) is 0.545. The third-order valence-corrected chi connectivity index (χ3v) is 15.9. The van der Waals surface area contributed by atoms with Gasteiger partial charge in [0.15, 0.2) is 0 Å². The molecule has 0 unspecified atom stereocenters. The smallest absolute Gasteiger partial charge is 0.407 e. The Morgan fingerprint density at radius 2 is 0.938 bits per heavy atom. The van der Waals surface area contributed by atoms with E-state index in [0.717, 1.165) is 158 Å². The van der Waals surface area contributed by atoms with E-state index < -0.39 is 11.2 Å². The van der Waals surface area contributed by atoms with Gasteiger partial charge in [0, 0.05) is 95.6 Å². The Hall–Kier alpha value is -6.70. The molecule has 4 aliphatic rings. The number of benzene rings is 2. The lowest BCUT2D eigenvalue weighted by molar-refractivity contribution is 0.0479. The van der Waals surface area contributed by atoms with Gasteiger partial charge >= 0.3 is 12.2 Å². The lowest BCUT2D eigenvalue weighted by atomic mass is 9.89. The number of pyridine rings is 2. The van der Waals surface area contributed by atoms with Crippen molar-refractivity contribution in [3.63, 3.8) is 0 Å². The molecule has 2 aliphatic heterocycles. The fourth-order valence-corrected chi connectivity index (χ4v) is 12.2. The van der Waals surface area contributed by atoms with Crippen molar-refractivity contribution >= 4 is 35.4 Å². The number of amides is 4. The summed E-state index contributed by atoms with van der Waals surface area (Å²) in [5, 5.41) is 12.5. The molecule has 80 heavy (non-hydrogen) atoms. The van der Waals surface area contributed by atoms with Gasteiger partial charge in [0.2, 0.25) is 0 Å². The highest BCUT2D eigenvalue weighted by atomic mass is 16.6. The topological polar surface area (TPSA) is 167 Å². The summed E-state index contributed by atoms with van der Waals surface area (Å²) in [5.74, 6) is -0.0869. The molecule has 14 heteroatoms. The van der Waals surface area contributed by atoms with Crippen LogP contribution in [-0.2, 0) is 48.2 Å². The highest BCUT2D eigenvalue weighted by Crippen LogP contribution is 2.35. The van der Waals surface area contributed by atoms with E-state index in [1.807, 2.05) is 93.5 Å². The third kappa shape index (κ3) is 16.7. The van der Waals surface area contributed by atoms with Gasteiger partial charge in [-0.1, -0.05) is 36.4 Å². The predicted octanol–water partition coefficient (Wildman–Crippen LogP) is 12.7. The predicted molar refractivity (Wildman–Crippen MR) is 322 cm³/mol. The molecule has 8 rings (SSSR count). The Morgan fingerprint density at radius 1 is 0.562 bits per heavy atom. The van der Waals surface area contributed by atoms with Crippen LogP contribution in [0, 0.1) is 27.7 Å². The monoisotopic (exact) mass is 1090 g/mol. The van der Waals surface area contributed by atoms with Gasteiger partial charge in [-0.3, -0.25) is 19.6 Å². The Balaban J connectivity index is 0.000000231. The van der Waals surface area contributed by atoms with Crippen molar-refractivity contribution in [3.05, 3.63) is 140 Å². The highest BCUT2D eigenvalue weighted by Gasteiger charge is 2.32.